The van der Waals surface area contributed by atoms with Gasteiger partial charge in [0.15, 0.2) is 11.6 Å². The van der Waals surface area contributed by atoms with Crippen molar-refractivity contribution in [3.8, 4) is 0 Å². The molecule has 0 unspecified atom stereocenters. The molecule has 0 aliphatic heterocycles. The van der Waals surface area contributed by atoms with E-state index in [2.05, 4.69) is 0 Å². The average molecular weight is 383 g/mol. The Balaban J connectivity index is -0.0000000856. The summed E-state index contributed by atoms with van der Waals surface area (Å²) < 4.78 is 0. The number of rotatable bonds is 0. The Morgan fingerprint density at radius 1 is 0.682 bits per heavy atom. The molecule has 0 aromatic rings. The van der Waals surface area contributed by atoms with Crippen LogP contribution in [0.4, 0.5) is 0 Å². The highest BCUT2D eigenvalue weighted by Gasteiger charge is 2.20. The molecular formula is C10H15ClN6O2S3. The fraction of sp³-hybridized carbons (Fsp3) is 0. The van der Waals surface area contributed by atoms with E-state index in [0.717, 1.165) is 0 Å². The molecule has 0 amide bonds. The predicted molar refractivity (Wildman–Crippen MR) is 99.3 cm³/mol. The number of nitrogens with zero attached hydrogens (tertiary/aromatic N) is 6. The third-order valence-corrected chi connectivity index (χ3v) is 1.84. The van der Waals surface area contributed by atoms with Crippen molar-refractivity contribution >= 4 is 52.1 Å². The van der Waals surface area contributed by atoms with Crippen molar-refractivity contribution in [2.24, 2.45) is 0 Å². The predicted octanol–water partition coefficient (Wildman–Crippen LogP) is -2.56. The molecule has 2 aliphatic carbocycles. The van der Waals surface area contributed by atoms with Crippen LogP contribution in [0.1, 0.15) is 0 Å². The van der Waals surface area contributed by atoms with E-state index in [4.69, 9.17) is 22.1 Å². The van der Waals surface area contributed by atoms with Crippen LogP contribution in [0.3, 0.4) is 0 Å². The minimum absolute atomic E-state index is 0. The molecule has 2 aliphatic rings. The molecule has 0 atom stereocenters. The number of ketones is 2. The first kappa shape index (κ1) is 32.3. The first-order valence-corrected chi connectivity index (χ1v) is 4.45. The zero-order valence-corrected chi connectivity index (χ0v) is 15.3. The van der Waals surface area contributed by atoms with E-state index in [1.54, 1.807) is 24.3 Å². The highest BCUT2D eigenvalue weighted by molar-refractivity contribution is 7.37. The van der Waals surface area contributed by atoms with E-state index in [1.807, 2.05) is 0 Å². The molecule has 0 fully saturated rings. The first-order valence-electron chi connectivity index (χ1n) is 4.45. The number of hydrogen-bond acceptors (Lipinski definition) is 2. The Morgan fingerprint density at radius 3 is 1.14 bits per heavy atom. The zero-order valence-electron chi connectivity index (χ0n) is 11.1. The van der Waals surface area contributed by atoms with E-state index in [9.17, 15) is 9.59 Å². The highest BCUT2D eigenvalue weighted by atomic mass is 35.5. The summed E-state index contributed by atoms with van der Waals surface area (Å²) in [5.74, 6) is -0.185. The number of carbonyl (C=O) groups excluding carboxylic acids is 2. The van der Waals surface area contributed by atoms with Gasteiger partial charge in [0.1, 0.15) is 0 Å². The second-order valence-corrected chi connectivity index (χ2v) is 2.79. The lowest BCUT2D eigenvalue weighted by Crippen LogP contribution is -3.00. The van der Waals surface area contributed by atoms with E-state index in [-0.39, 0.29) is 64.5 Å². The van der Waals surface area contributed by atoms with Gasteiger partial charge in [0.05, 0.1) is 0 Å². The molecule has 122 valence electrons. The minimum atomic E-state index is -0.0924. The van der Waals surface area contributed by atoms with Crippen LogP contribution in [0.5, 0.6) is 0 Å². The molecule has 0 aromatic heterocycles. The smallest absolute Gasteiger partial charge is 0.186 e. The Kier molecular flexibility index (Phi) is 28.3. The second kappa shape index (κ2) is 19.3. The van der Waals surface area contributed by atoms with E-state index < -0.39 is 0 Å². The molecular weight excluding hydrogens is 368 g/mol. The second-order valence-electron chi connectivity index (χ2n) is 2.79. The SMILES string of the molecule is O=C1C=CC=C2C(=O)C=CC=C12.[Cl-].[N-]=[N+]=[N-].[N-]=[N+]=[N-].[SH3+].[SH3+].[SH3+]. The number of hydrogen-bond donors (Lipinski definition) is 0. The summed E-state index contributed by atoms with van der Waals surface area (Å²) in [4.78, 5) is 25.4. The number of allylic oxidation sites excluding steroid dienone is 8. The van der Waals surface area contributed by atoms with Crippen LogP contribution in [0.2, 0.25) is 0 Å². The van der Waals surface area contributed by atoms with Crippen LogP contribution in [-0.4, -0.2) is 11.6 Å². The Morgan fingerprint density at radius 2 is 0.909 bits per heavy atom. The Bertz CT molecular complexity index is 509. The van der Waals surface area contributed by atoms with Crippen molar-refractivity contribution in [2.75, 3.05) is 0 Å². The van der Waals surface area contributed by atoms with Crippen molar-refractivity contribution in [1.29, 1.82) is 0 Å². The molecule has 0 saturated heterocycles. The van der Waals surface area contributed by atoms with Gasteiger partial charge < -0.3 is 34.5 Å². The van der Waals surface area contributed by atoms with Gasteiger partial charge in [0, 0.05) is 11.1 Å². The van der Waals surface area contributed by atoms with Crippen molar-refractivity contribution in [3.63, 3.8) is 0 Å². The first-order chi connectivity index (χ1) is 8.62. The van der Waals surface area contributed by atoms with Gasteiger partial charge in [-0.05, 0) is 12.2 Å². The molecule has 0 bridgehead atoms. The van der Waals surface area contributed by atoms with Crippen molar-refractivity contribution in [2.45, 2.75) is 0 Å². The minimum Gasteiger partial charge on any atom is -1.00 e. The fourth-order valence-electron chi connectivity index (χ4n) is 1.25. The Hall–Kier alpha value is -1.74. The summed E-state index contributed by atoms with van der Waals surface area (Å²) in [6.07, 6.45) is 9.46. The standard InChI is InChI=1S/C10H6O2.ClH.2N3.3H2S/c11-9-5-1-3-7-8(9)4-2-6-10(7)12;;2*1-3-2;;;/h1-6H;1H;;;3*1H2/q;;2*-1;;;/p+2. The van der Waals surface area contributed by atoms with Gasteiger partial charge in [-0.25, -0.2) is 0 Å². The monoisotopic (exact) mass is 382 g/mol. The number of halogens is 1. The molecule has 0 spiro atoms. The van der Waals surface area contributed by atoms with Gasteiger partial charge in [-0.2, -0.15) is 0 Å². The summed E-state index contributed by atoms with van der Waals surface area (Å²) in [7, 11) is 0. The van der Waals surface area contributed by atoms with Gasteiger partial charge in [-0.15, -0.1) is 0 Å². The maximum absolute atomic E-state index is 11.2. The lowest BCUT2D eigenvalue weighted by atomic mass is 9.90. The third-order valence-electron chi connectivity index (χ3n) is 1.84. The summed E-state index contributed by atoms with van der Waals surface area (Å²) >= 11 is 0. The number of fused-ring (bicyclic) bond motifs is 1. The molecule has 0 radical (unpaired) electrons. The highest BCUT2D eigenvalue weighted by Crippen LogP contribution is 2.21. The van der Waals surface area contributed by atoms with Crippen molar-refractivity contribution in [3.05, 3.63) is 79.6 Å². The fourth-order valence-corrected chi connectivity index (χ4v) is 1.25. The van der Waals surface area contributed by atoms with E-state index >= 15 is 0 Å². The molecule has 0 aromatic carbocycles. The van der Waals surface area contributed by atoms with Crippen LogP contribution in [0.25, 0.3) is 31.9 Å². The number of carbonyl (C=O) groups is 2. The van der Waals surface area contributed by atoms with E-state index in [0.29, 0.717) is 11.1 Å². The van der Waals surface area contributed by atoms with Crippen molar-refractivity contribution in [1.82, 2.24) is 0 Å². The Labute approximate surface area is 153 Å². The van der Waals surface area contributed by atoms with Crippen LogP contribution in [0, 0.1) is 0 Å². The maximum atomic E-state index is 11.2. The third kappa shape index (κ3) is 11.0. The lowest BCUT2D eigenvalue weighted by Gasteiger charge is -2.11. The summed E-state index contributed by atoms with van der Waals surface area (Å²) in [6.45, 7) is 0. The zero-order chi connectivity index (χ0) is 14.0. The lowest BCUT2D eigenvalue weighted by molar-refractivity contribution is -0.114. The topological polar surface area (TPSA) is 152 Å². The van der Waals surface area contributed by atoms with Gasteiger partial charge in [0.2, 0.25) is 0 Å². The summed E-state index contributed by atoms with van der Waals surface area (Å²) in [6, 6.07) is 0. The molecule has 0 saturated carbocycles. The molecule has 2 rings (SSSR count). The molecule has 12 heteroatoms. The van der Waals surface area contributed by atoms with Crippen LogP contribution in [0.15, 0.2) is 47.6 Å². The van der Waals surface area contributed by atoms with Crippen molar-refractivity contribution < 1.29 is 22.0 Å². The van der Waals surface area contributed by atoms with Gasteiger partial charge in [-0.3, -0.25) is 19.4 Å². The van der Waals surface area contributed by atoms with Gasteiger partial charge >= 0.3 is 0 Å². The molecule has 0 heterocycles. The van der Waals surface area contributed by atoms with Crippen LogP contribution >= 0.6 is 0 Å². The molecule has 22 heavy (non-hydrogen) atoms. The van der Waals surface area contributed by atoms with Crippen LogP contribution < -0.4 is 12.4 Å². The maximum Gasteiger partial charge on any atom is 0.186 e. The summed E-state index contributed by atoms with van der Waals surface area (Å²) in [5, 5.41) is 0. The molecule has 0 N–H and O–H groups in total. The average Bonchev–Trinajstić information content (AvgIpc) is 2.33. The van der Waals surface area contributed by atoms with Crippen LogP contribution in [-0.2, 0) is 50.1 Å². The van der Waals surface area contributed by atoms with Gasteiger partial charge in [-0.1, -0.05) is 64.8 Å². The normalized spacial score (nSPS) is 11.8. The quantitative estimate of drug-likeness (QED) is 0.196. The van der Waals surface area contributed by atoms with Gasteiger partial charge in [0.25, 0.3) is 0 Å². The largest absolute Gasteiger partial charge is 1.00 e. The molecule has 8 nitrogen and oxygen atoms in total. The summed E-state index contributed by atoms with van der Waals surface area (Å²) in [5.41, 5.74) is 28.0. The van der Waals surface area contributed by atoms with E-state index in [1.165, 1.54) is 22.0 Å².